The molecule has 0 amide bonds. The van der Waals surface area contributed by atoms with Crippen molar-refractivity contribution in [2.75, 3.05) is 0 Å². The van der Waals surface area contributed by atoms with E-state index in [1.54, 1.807) is 0 Å². The van der Waals surface area contributed by atoms with E-state index in [0.717, 1.165) is 23.8 Å². The van der Waals surface area contributed by atoms with Crippen molar-refractivity contribution in [1.29, 1.82) is 5.26 Å². The van der Waals surface area contributed by atoms with Gasteiger partial charge in [0.15, 0.2) is 0 Å². The van der Waals surface area contributed by atoms with Gasteiger partial charge in [0.25, 0.3) is 0 Å². The lowest BCUT2D eigenvalue weighted by molar-refractivity contribution is 0.265. The lowest BCUT2D eigenvalue weighted by atomic mass is 9.78. The van der Waals surface area contributed by atoms with Gasteiger partial charge >= 0.3 is 0 Å². The molecule has 0 bridgehead atoms. The van der Waals surface area contributed by atoms with Crippen LogP contribution in [0.15, 0.2) is 36.4 Å². The van der Waals surface area contributed by atoms with Crippen LogP contribution in [-0.2, 0) is 6.42 Å². The second kappa shape index (κ2) is 7.90. The van der Waals surface area contributed by atoms with Crippen molar-refractivity contribution >= 4 is 0 Å². The van der Waals surface area contributed by atoms with Crippen molar-refractivity contribution < 1.29 is 0 Å². The van der Waals surface area contributed by atoms with E-state index in [0.29, 0.717) is 0 Å². The maximum absolute atomic E-state index is 8.79. The molecule has 0 atom stereocenters. The molecule has 1 nitrogen and oxygen atoms in total. The molecule has 1 aliphatic rings. The minimum Gasteiger partial charge on any atom is -0.192 e. The summed E-state index contributed by atoms with van der Waals surface area (Å²) in [7, 11) is 0. The van der Waals surface area contributed by atoms with Gasteiger partial charge in [-0.3, -0.25) is 0 Å². The largest absolute Gasteiger partial charge is 0.192 e. The van der Waals surface area contributed by atoms with Gasteiger partial charge < -0.3 is 0 Å². The molecule has 0 saturated heterocycles. The highest BCUT2D eigenvalue weighted by atomic mass is 14.3. The molecule has 20 heavy (non-hydrogen) atoms. The first kappa shape index (κ1) is 14.9. The van der Waals surface area contributed by atoms with Gasteiger partial charge in [0.1, 0.15) is 0 Å². The molecule has 1 fully saturated rings. The molecule has 0 heterocycles. The molecule has 0 unspecified atom stereocenters. The van der Waals surface area contributed by atoms with E-state index in [1.165, 1.54) is 44.1 Å². The Morgan fingerprint density at radius 1 is 1.10 bits per heavy atom. The van der Waals surface area contributed by atoms with Crippen LogP contribution in [-0.4, -0.2) is 0 Å². The first-order valence-electron chi connectivity index (χ1n) is 7.92. The van der Waals surface area contributed by atoms with Gasteiger partial charge in [-0.25, -0.2) is 0 Å². The smallest absolute Gasteiger partial charge is 0.0991 e. The molecule has 0 spiro atoms. The maximum atomic E-state index is 8.79. The Bertz CT molecular complexity index is 456. The van der Waals surface area contributed by atoms with Gasteiger partial charge in [-0.15, -0.1) is 0 Å². The van der Waals surface area contributed by atoms with Crippen LogP contribution in [0.25, 0.3) is 0 Å². The van der Waals surface area contributed by atoms with E-state index in [4.69, 9.17) is 5.26 Å². The van der Waals surface area contributed by atoms with Crippen molar-refractivity contribution in [3.63, 3.8) is 0 Å². The molecular weight excluding hydrogens is 242 g/mol. The van der Waals surface area contributed by atoms with E-state index in [2.05, 4.69) is 37.3 Å². The third-order valence-electron chi connectivity index (χ3n) is 4.60. The average Bonchev–Trinajstić information content (AvgIpc) is 2.52. The van der Waals surface area contributed by atoms with E-state index in [-0.39, 0.29) is 0 Å². The Kier molecular flexibility index (Phi) is 5.87. The van der Waals surface area contributed by atoms with Crippen molar-refractivity contribution in [2.45, 2.75) is 51.9 Å². The fourth-order valence-corrected chi connectivity index (χ4v) is 3.20. The summed E-state index contributed by atoms with van der Waals surface area (Å²) >= 11 is 0. The zero-order chi connectivity index (χ0) is 14.2. The molecule has 1 heteroatoms. The highest BCUT2D eigenvalue weighted by molar-refractivity contribution is 5.31. The van der Waals surface area contributed by atoms with E-state index in [9.17, 15) is 0 Å². The number of nitriles is 1. The third-order valence-corrected chi connectivity index (χ3v) is 4.60. The van der Waals surface area contributed by atoms with Crippen LogP contribution >= 0.6 is 0 Å². The lowest BCUT2D eigenvalue weighted by Crippen LogP contribution is -2.14. The molecule has 1 saturated carbocycles. The number of aryl methyl sites for hydroxylation is 1. The SMILES string of the molecule is C/C=C/CC1CCC(CCc2ccc(C#N)cc2)CC1. The van der Waals surface area contributed by atoms with Crippen molar-refractivity contribution in [2.24, 2.45) is 11.8 Å². The van der Waals surface area contributed by atoms with Gasteiger partial charge in [-0.05, 0) is 68.6 Å². The standard InChI is InChI=1S/C19H25N/c1-2-3-4-16-5-7-17(8-6-16)9-10-18-11-13-19(15-20)14-12-18/h2-3,11-14,16-17H,4-10H2,1H3/b3-2+. The molecular formula is C19H25N. The second-order valence-electron chi connectivity index (χ2n) is 6.04. The molecule has 0 aliphatic heterocycles. The van der Waals surface area contributed by atoms with Gasteiger partial charge in [-0.1, -0.05) is 37.1 Å². The Morgan fingerprint density at radius 2 is 1.75 bits per heavy atom. The number of benzene rings is 1. The van der Waals surface area contributed by atoms with Crippen LogP contribution in [0.2, 0.25) is 0 Å². The number of allylic oxidation sites excluding steroid dienone is 2. The summed E-state index contributed by atoms with van der Waals surface area (Å²) in [5.41, 5.74) is 2.14. The highest BCUT2D eigenvalue weighted by Crippen LogP contribution is 2.33. The first-order valence-corrected chi connectivity index (χ1v) is 7.92. The summed E-state index contributed by atoms with van der Waals surface area (Å²) in [5.74, 6) is 1.84. The quantitative estimate of drug-likeness (QED) is 0.667. The Morgan fingerprint density at radius 3 is 2.35 bits per heavy atom. The van der Waals surface area contributed by atoms with Crippen molar-refractivity contribution in [3.8, 4) is 6.07 Å². The summed E-state index contributed by atoms with van der Waals surface area (Å²) in [4.78, 5) is 0. The van der Waals surface area contributed by atoms with Crippen LogP contribution in [0.5, 0.6) is 0 Å². The molecule has 1 aliphatic carbocycles. The minimum atomic E-state index is 0.762. The van der Waals surface area contributed by atoms with Crippen LogP contribution < -0.4 is 0 Å². The molecule has 0 radical (unpaired) electrons. The Labute approximate surface area is 123 Å². The van der Waals surface area contributed by atoms with Gasteiger partial charge in [0.2, 0.25) is 0 Å². The topological polar surface area (TPSA) is 23.8 Å². The zero-order valence-corrected chi connectivity index (χ0v) is 12.5. The normalized spacial score (nSPS) is 22.8. The van der Waals surface area contributed by atoms with Gasteiger partial charge in [-0.2, -0.15) is 5.26 Å². The first-order chi connectivity index (χ1) is 9.81. The number of hydrogen-bond acceptors (Lipinski definition) is 1. The Hall–Kier alpha value is -1.55. The average molecular weight is 267 g/mol. The fourth-order valence-electron chi connectivity index (χ4n) is 3.20. The summed E-state index contributed by atoms with van der Waals surface area (Å²) in [6, 6.07) is 10.3. The Balaban J connectivity index is 1.71. The van der Waals surface area contributed by atoms with Crippen LogP contribution in [0.1, 0.15) is 56.6 Å². The number of rotatable bonds is 5. The van der Waals surface area contributed by atoms with Gasteiger partial charge in [0, 0.05) is 0 Å². The van der Waals surface area contributed by atoms with Crippen LogP contribution in [0, 0.1) is 23.2 Å². The number of hydrogen-bond donors (Lipinski definition) is 0. The van der Waals surface area contributed by atoms with Crippen molar-refractivity contribution in [1.82, 2.24) is 0 Å². The zero-order valence-electron chi connectivity index (χ0n) is 12.5. The summed E-state index contributed by atoms with van der Waals surface area (Å²) in [6.07, 6.45) is 13.9. The summed E-state index contributed by atoms with van der Waals surface area (Å²) in [5, 5.41) is 8.79. The third kappa shape index (κ3) is 4.53. The van der Waals surface area contributed by atoms with E-state index in [1.807, 2.05) is 12.1 Å². The van der Waals surface area contributed by atoms with Crippen LogP contribution in [0.3, 0.4) is 0 Å². The van der Waals surface area contributed by atoms with Crippen LogP contribution in [0.4, 0.5) is 0 Å². The fraction of sp³-hybridized carbons (Fsp3) is 0.526. The molecule has 0 aromatic heterocycles. The predicted octanol–water partition coefficient (Wildman–Crippen LogP) is 5.26. The summed E-state index contributed by atoms with van der Waals surface area (Å²) < 4.78 is 0. The van der Waals surface area contributed by atoms with E-state index < -0.39 is 0 Å². The minimum absolute atomic E-state index is 0.762. The summed E-state index contributed by atoms with van der Waals surface area (Å²) in [6.45, 7) is 2.11. The molecule has 1 aromatic carbocycles. The highest BCUT2D eigenvalue weighted by Gasteiger charge is 2.19. The van der Waals surface area contributed by atoms with E-state index >= 15 is 0 Å². The lowest BCUT2D eigenvalue weighted by Gasteiger charge is -2.27. The number of nitrogens with zero attached hydrogens (tertiary/aromatic N) is 1. The van der Waals surface area contributed by atoms with Gasteiger partial charge in [0.05, 0.1) is 11.6 Å². The molecule has 2 rings (SSSR count). The predicted molar refractivity (Wildman–Crippen MR) is 84.4 cm³/mol. The monoisotopic (exact) mass is 267 g/mol. The molecule has 0 N–H and O–H groups in total. The maximum Gasteiger partial charge on any atom is 0.0991 e. The van der Waals surface area contributed by atoms with Crippen molar-refractivity contribution in [3.05, 3.63) is 47.5 Å². The molecule has 1 aromatic rings. The molecule has 106 valence electrons. The second-order valence-corrected chi connectivity index (χ2v) is 6.04.